The first kappa shape index (κ1) is 24.2. The number of carbonyl (C=O) groups is 3. The summed E-state index contributed by atoms with van der Waals surface area (Å²) in [5, 5.41) is 2.24. The number of aryl methyl sites for hydroxylation is 1. The highest BCUT2D eigenvalue weighted by Crippen LogP contribution is 2.38. The van der Waals surface area contributed by atoms with Crippen molar-refractivity contribution in [3.8, 4) is 11.5 Å². The lowest BCUT2D eigenvalue weighted by atomic mass is 10.1. The Labute approximate surface area is 211 Å². The summed E-state index contributed by atoms with van der Waals surface area (Å²) in [5.74, 6) is -0.553. The molecular weight excluding hydrogens is 512 g/mol. The lowest BCUT2D eigenvalue weighted by Gasteiger charge is -2.26. The molecule has 1 heterocycles. The Morgan fingerprint density at radius 2 is 1.69 bits per heavy atom. The Bertz CT molecular complexity index is 1300. The first-order chi connectivity index (χ1) is 16.9. The molecule has 0 unspecified atom stereocenters. The molecule has 1 saturated heterocycles. The number of barbiturate groups is 1. The number of benzene rings is 3. The van der Waals surface area contributed by atoms with E-state index >= 15 is 0 Å². The van der Waals surface area contributed by atoms with Crippen LogP contribution in [0.15, 0.2) is 76.8 Å². The molecule has 35 heavy (non-hydrogen) atoms. The van der Waals surface area contributed by atoms with Gasteiger partial charge in [0.1, 0.15) is 12.2 Å². The van der Waals surface area contributed by atoms with E-state index < -0.39 is 17.8 Å². The predicted molar refractivity (Wildman–Crippen MR) is 136 cm³/mol. The van der Waals surface area contributed by atoms with Gasteiger partial charge in [0.05, 0.1) is 17.3 Å². The summed E-state index contributed by atoms with van der Waals surface area (Å²) in [6.45, 7) is 2.35. The number of imide groups is 2. The van der Waals surface area contributed by atoms with Crippen LogP contribution in [0.2, 0.25) is 0 Å². The zero-order valence-corrected chi connectivity index (χ0v) is 20.8. The molecule has 0 aromatic heterocycles. The number of anilines is 1. The van der Waals surface area contributed by atoms with Crippen LogP contribution in [0, 0.1) is 0 Å². The molecule has 3 aromatic carbocycles. The largest absolute Gasteiger partial charge is 0.493 e. The Morgan fingerprint density at radius 1 is 0.971 bits per heavy atom. The summed E-state index contributed by atoms with van der Waals surface area (Å²) in [5.41, 5.74) is 2.79. The van der Waals surface area contributed by atoms with Gasteiger partial charge in [0, 0.05) is 0 Å². The molecule has 1 N–H and O–H groups in total. The third kappa shape index (κ3) is 5.27. The van der Waals surface area contributed by atoms with Crippen molar-refractivity contribution in [2.24, 2.45) is 0 Å². The molecular formula is C27H23BrN2O5. The number of nitrogens with zero attached hydrogens (tertiary/aromatic N) is 1. The standard InChI is InChI=1S/C27H23BrN2O5/c1-3-17-9-11-20(12-10-17)30-26(32)21(25(31)29-27(30)33)13-19-14-22(28)24(23(15-19)34-2)35-16-18-7-5-4-6-8-18/h4-15H,3,16H2,1-2H3,(H,29,31,33)/b21-13-. The van der Waals surface area contributed by atoms with Gasteiger partial charge in [0.25, 0.3) is 11.8 Å². The second-order valence-corrected chi connectivity index (χ2v) is 8.64. The van der Waals surface area contributed by atoms with Crippen molar-refractivity contribution in [3.63, 3.8) is 0 Å². The summed E-state index contributed by atoms with van der Waals surface area (Å²) in [6.07, 6.45) is 2.25. The third-order valence-corrected chi connectivity index (χ3v) is 6.08. The minimum atomic E-state index is -0.787. The number of hydrogen-bond donors (Lipinski definition) is 1. The molecule has 1 aliphatic rings. The minimum Gasteiger partial charge on any atom is -0.493 e. The molecule has 0 bridgehead atoms. The van der Waals surface area contributed by atoms with Gasteiger partial charge < -0.3 is 9.47 Å². The molecule has 4 rings (SSSR count). The van der Waals surface area contributed by atoms with Crippen LogP contribution < -0.4 is 19.7 Å². The van der Waals surface area contributed by atoms with Gasteiger partial charge in [0.2, 0.25) is 0 Å². The lowest BCUT2D eigenvalue weighted by Crippen LogP contribution is -2.54. The van der Waals surface area contributed by atoms with Gasteiger partial charge in [0.15, 0.2) is 11.5 Å². The average Bonchev–Trinajstić information content (AvgIpc) is 2.86. The van der Waals surface area contributed by atoms with E-state index in [2.05, 4.69) is 21.2 Å². The fraction of sp³-hybridized carbons (Fsp3) is 0.148. The molecule has 4 amide bonds. The first-order valence-electron chi connectivity index (χ1n) is 11.0. The van der Waals surface area contributed by atoms with E-state index in [0.29, 0.717) is 33.8 Å². The van der Waals surface area contributed by atoms with Crippen molar-refractivity contribution in [2.75, 3.05) is 12.0 Å². The van der Waals surface area contributed by atoms with Gasteiger partial charge in [-0.15, -0.1) is 0 Å². The number of amides is 4. The van der Waals surface area contributed by atoms with Crippen LogP contribution >= 0.6 is 15.9 Å². The van der Waals surface area contributed by atoms with E-state index in [4.69, 9.17) is 9.47 Å². The van der Waals surface area contributed by atoms with E-state index in [-0.39, 0.29) is 5.57 Å². The van der Waals surface area contributed by atoms with Gasteiger partial charge in [-0.3, -0.25) is 14.9 Å². The summed E-state index contributed by atoms with van der Waals surface area (Å²) >= 11 is 3.49. The van der Waals surface area contributed by atoms with Crippen LogP contribution in [0.1, 0.15) is 23.6 Å². The number of ether oxygens (including phenoxy) is 2. The molecule has 0 radical (unpaired) electrons. The van der Waals surface area contributed by atoms with Crippen LogP contribution in [0.4, 0.5) is 10.5 Å². The van der Waals surface area contributed by atoms with E-state index in [9.17, 15) is 14.4 Å². The monoisotopic (exact) mass is 534 g/mol. The maximum absolute atomic E-state index is 13.2. The van der Waals surface area contributed by atoms with E-state index in [1.165, 1.54) is 13.2 Å². The zero-order chi connectivity index (χ0) is 24.9. The van der Waals surface area contributed by atoms with E-state index in [0.717, 1.165) is 22.4 Å². The van der Waals surface area contributed by atoms with Gasteiger partial charge in [-0.25, -0.2) is 9.69 Å². The van der Waals surface area contributed by atoms with Crippen LogP contribution in [0.25, 0.3) is 6.08 Å². The lowest BCUT2D eigenvalue weighted by molar-refractivity contribution is -0.122. The maximum atomic E-state index is 13.2. The predicted octanol–water partition coefficient (Wildman–Crippen LogP) is 5.27. The van der Waals surface area contributed by atoms with Crippen molar-refractivity contribution in [1.29, 1.82) is 0 Å². The van der Waals surface area contributed by atoms with Crippen molar-refractivity contribution < 1.29 is 23.9 Å². The van der Waals surface area contributed by atoms with Crippen molar-refractivity contribution in [3.05, 3.63) is 93.5 Å². The maximum Gasteiger partial charge on any atom is 0.335 e. The second-order valence-electron chi connectivity index (χ2n) is 7.79. The van der Waals surface area contributed by atoms with E-state index in [1.807, 2.05) is 49.4 Å². The van der Waals surface area contributed by atoms with Gasteiger partial charge >= 0.3 is 6.03 Å². The first-order valence-corrected chi connectivity index (χ1v) is 11.7. The summed E-state index contributed by atoms with van der Waals surface area (Å²) in [6, 6.07) is 19.3. The molecule has 0 atom stereocenters. The quantitative estimate of drug-likeness (QED) is 0.330. The van der Waals surface area contributed by atoms with Crippen LogP contribution in [0.3, 0.4) is 0 Å². The Morgan fingerprint density at radius 3 is 2.34 bits per heavy atom. The Hall–Kier alpha value is -3.91. The van der Waals surface area contributed by atoms with E-state index in [1.54, 1.807) is 24.3 Å². The van der Waals surface area contributed by atoms with Gasteiger partial charge in [-0.2, -0.15) is 0 Å². The Kier molecular flexibility index (Phi) is 7.31. The zero-order valence-electron chi connectivity index (χ0n) is 19.2. The van der Waals surface area contributed by atoms with Gasteiger partial charge in [-0.1, -0.05) is 49.4 Å². The molecule has 0 aliphatic carbocycles. The number of carbonyl (C=O) groups excluding carboxylic acids is 3. The highest BCUT2D eigenvalue weighted by atomic mass is 79.9. The summed E-state index contributed by atoms with van der Waals surface area (Å²) < 4.78 is 12.0. The smallest absolute Gasteiger partial charge is 0.335 e. The van der Waals surface area contributed by atoms with Crippen LogP contribution in [0.5, 0.6) is 11.5 Å². The number of hydrogen-bond acceptors (Lipinski definition) is 5. The number of methoxy groups -OCH3 is 1. The number of urea groups is 1. The fourth-order valence-corrected chi connectivity index (χ4v) is 4.21. The minimum absolute atomic E-state index is 0.170. The fourth-order valence-electron chi connectivity index (χ4n) is 3.63. The summed E-state index contributed by atoms with van der Waals surface area (Å²) in [4.78, 5) is 39.1. The Balaban J connectivity index is 1.63. The van der Waals surface area contributed by atoms with Crippen LogP contribution in [-0.2, 0) is 22.6 Å². The molecule has 178 valence electrons. The normalized spacial score (nSPS) is 14.8. The number of rotatable bonds is 7. The van der Waals surface area contributed by atoms with Crippen molar-refractivity contribution >= 4 is 45.5 Å². The molecule has 8 heteroatoms. The average molecular weight is 535 g/mol. The SMILES string of the molecule is CCc1ccc(N2C(=O)NC(=O)/C(=C/c3cc(Br)c(OCc4ccccc4)c(OC)c3)C2=O)cc1. The highest BCUT2D eigenvalue weighted by Gasteiger charge is 2.36. The number of nitrogens with one attached hydrogen (secondary N) is 1. The number of halogens is 1. The molecule has 3 aromatic rings. The molecule has 0 spiro atoms. The molecule has 0 saturated carbocycles. The summed E-state index contributed by atoms with van der Waals surface area (Å²) in [7, 11) is 1.51. The van der Waals surface area contributed by atoms with Crippen LogP contribution in [-0.4, -0.2) is 25.0 Å². The highest BCUT2D eigenvalue weighted by molar-refractivity contribution is 9.10. The van der Waals surface area contributed by atoms with Gasteiger partial charge in [-0.05, 0) is 69.4 Å². The molecule has 1 aliphatic heterocycles. The van der Waals surface area contributed by atoms with Crippen molar-refractivity contribution in [1.82, 2.24) is 5.32 Å². The molecule has 1 fully saturated rings. The second kappa shape index (κ2) is 10.6. The third-order valence-electron chi connectivity index (χ3n) is 5.49. The molecule has 7 nitrogen and oxygen atoms in total. The topological polar surface area (TPSA) is 84.9 Å². The van der Waals surface area contributed by atoms with Crippen molar-refractivity contribution in [2.45, 2.75) is 20.0 Å².